The van der Waals surface area contributed by atoms with E-state index in [-0.39, 0.29) is 24.0 Å². The maximum absolute atomic E-state index is 4.59. The average molecular weight is 431 g/mol. The standard InChI is InChI=1S/C17H29N5.HI/c1-4-5-10-21(3)17(18-2)20-14-15-8-9-16(19-13-15)22-11-6-7-12-22;/h8-9,13H,4-7,10-12,14H2,1-3H3,(H,18,20);1H. The topological polar surface area (TPSA) is 43.8 Å². The van der Waals surface area contributed by atoms with Crippen LogP contribution in [0.3, 0.4) is 0 Å². The molecule has 5 nitrogen and oxygen atoms in total. The number of rotatable bonds is 6. The van der Waals surface area contributed by atoms with E-state index in [0.29, 0.717) is 0 Å². The molecule has 130 valence electrons. The Morgan fingerprint density at radius 2 is 2.09 bits per heavy atom. The van der Waals surface area contributed by atoms with Gasteiger partial charge in [0.25, 0.3) is 0 Å². The van der Waals surface area contributed by atoms with E-state index in [2.05, 4.69) is 51.2 Å². The molecule has 0 atom stereocenters. The predicted octanol–water partition coefficient (Wildman–Crippen LogP) is 3.11. The van der Waals surface area contributed by atoms with Crippen LogP contribution in [0.4, 0.5) is 5.82 Å². The number of hydrogen-bond acceptors (Lipinski definition) is 3. The molecule has 0 aliphatic carbocycles. The van der Waals surface area contributed by atoms with Crippen LogP contribution < -0.4 is 10.2 Å². The molecule has 1 aliphatic heterocycles. The normalized spacial score (nSPS) is 14.6. The molecule has 1 aromatic heterocycles. The second-order valence-corrected chi connectivity index (χ2v) is 5.89. The molecule has 1 saturated heterocycles. The minimum atomic E-state index is 0. The van der Waals surface area contributed by atoms with Crippen LogP contribution in [0.2, 0.25) is 0 Å². The monoisotopic (exact) mass is 431 g/mol. The van der Waals surface area contributed by atoms with Crippen molar-refractivity contribution in [3.05, 3.63) is 23.9 Å². The SMILES string of the molecule is CCCCN(C)C(=NC)NCc1ccc(N2CCCC2)nc1.I. The van der Waals surface area contributed by atoms with Crippen LogP contribution in [-0.2, 0) is 6.54 Å². The van der Waals surface area contributed by atoms with E-state index in [0.717, 1.165) is 38.0 Å². The minimum Gasteiger partial charge on any atom is -0.357 e. The molecule has 1 N–H and O–H groups in total. The van der Waals surface area contributed by atoms with Crippen LogP contribution in [0.15, 0.2) is 23.3 Å². The molecule has 0 aromatic carbocycles. The molecule has 0 saturated carbocycles. The van der Waals surface area contributed by atoms with Gasteiger partial charge in [-0.3, -0.25) is 4.99 Å². The molecule has 2 rings (SSSR count). The van der Waals surface area contributed by atoms with E-state index in [9.17, 15) is 0 Å². The van der Waals surface area contributed by atoms with Crippen molar-refractivity contribution in [3.8, 4) is 0 Å². The summed E-state index contributed by atoms with van der Waals surface area (Å²) < 4.78 is 0. The van der Waals surface area contributed by atoms with Gasteiger partial charge in [0.15, 0.2) is 5.96 Å². The molecule has 0 radical (unpaired) electrons. The fourth-order valence-corrected chi connectivity index (χ4v) is 2.72. The van der Waals surface area contributed by atoms with E-state index in [4.69, 9.17) is 0 Å². The molecule has 0 spiro atoms. The van der Waals surface area contributed by atoms with E-state index < -0.39 is 0 Å². The fraction of sp³-hybridized carbons (Fsp3) is 0.647. The zero-order valence-electron chi connectivity index (χ0n) is 14.6. The van der Waals surface area contributed by atoms with Crippen molar-refractivity contribution in [2.45, 2.75) is 39.2 Å². The fourth-order valence-electron chi connectivity index (χ4n) is 2.72. The first-order chi connectivity index (χ1) is 10.7. The average Bonchev–Trinajstić information content (AvgIpc) is 3.08. The molecule has 1 aromatic rings. The highest BCUT2D eigenvalue weighted by molar-refractivity contribution is 14.0. The Balaban J connectivity index is 0.00000264. The molecular formula is C17H30IN5. The van der Waals surface area contributed by atoms with Gasteiger partial charge in [-0.2, -0.15) is 0 Å². The number of anilines is 1. The van der Waals surface area contributed by atoms with E-state index in [1.807, 2.05) is 13.2 Å². The lowest BCUT2D eigenvalue weighted by molar-refractivity contribution is 0.464. The molecule has 1 aliphatic rings. The summed E-state index contributed by atoms with van der Waals surface area (Å²) in [6, 6.07) is 4.29. The van der Waals surface area contributed by atoms with Crippen LogP contribution in [0.5, 0.6) is 0 Å². The van der Waals surface area contributed by atoms with Gasteiger partial charge in [0.1, 0.15) is 5.82 Å². The lowest BCUT2D eigenvalue weighted by atomic mass is 10.2. The Labute approximate surface area is 157 Å². The van der Waals surface area contributed by atoms with Gasteiger partial charge >= 0.3 is 0 Å². The molecule has 0 unspecified atom stereocenters. The lowest BCUT2D eigenvalue weighted by Gasteiger charge is -2.22. The zero-order valence-corrected chi connectivity index (χ0v) is 16.9. The van der Waals surface area contributed by atoms with Crippen molar-refractivity contribution < 1.29 is 0 Å². The second kappa shape index (κ2) is 10.7. The first-order valence-corrected chi connectivity index (χ1v) is 8.36. The quantitative estimate of drug-likeness (QED) is 0.427. The summed E-state index contributed by atoms with van der Waals surface area (Å²) in [7, 11) is 3.92. The number of guanidine groups is 1. The van der Waals surface area contributed by atoms with Crippen LogP contribution in [0, 0.1) is 0 Å². The largest absolute Gasteiger partial charge is 0.357 e. The molecule has 2 heterocycles. The van der Waals surface area contributed by atoms with Gasteiger partial charge in [0, 0.05) is 46.5 Å². The Bertz CT molecular complexity index is 468. The Kier molecular flexibility index (Phi) is 9.28. The smallest absolute Gasteiger partial charge is 0.193 e. The van der Waals surface area contributed by atoms with Crippen LogP contribution >= 0.6 is 24.0 Å². The maximum atomic E-state index is 4.59. The van der Waals surface area contributed by atoms with E-state index >= 15 is 0 Å². The highest BCUT2D eigenvalue weighted by Gasteiger charge is 2.13. The Hall–Kier alpha value is -1.05. The Morgan fingerprint density at radius 3 is 2.65 bits per heavy atom. The molecule has 23 heavy (non-hydrogen) atoms. The number of aromatic nitrogens is 1. The van der Waals surface area contributed by atoms with E-state index in [1.165, 1.54) is 31.2 Å². The van der Waals surface area contributed by atoms with Crippen LogP contribution in [-0.4, -0.2) is 49.6 Å². The van der Waals surface area contributed by atoms with Gasteiger partial charge in [-0.15, -0.1) is 24.0 Å². The second-order valence-electron chi connectivity index (χ2n) is 5.89. The number of hydrogen-bond donors (Lipinski definition) is 1. The van der Waals surface area contributed by atoms with Crippen molar-refractivity contribution in [1.82, 2.24) is 15.2 Å². The number of halogens is 1. The highest BCUT2D eigenvalue weighted by Crippen LogP contribution is 2.17. The number of unbranched alkanes of at least 4 members (excludes halogenated alkanes) is 1. The lowest BCUT2D eigenvalue weighted by Crippen LogP contribution is -2.39. The third-order valence-corrected chi connectivity index (χ3v) is 4.11. The van der Waals surface area contributed by atoms with Gasteiger partial charge in [0.2, 0.25) is 0 Å². The Morgan fingerprint density at radius 1 is 1.35 bits per heavy atom. The van der Waals surface area contributed by atoms with Crippen molar-refractivity contribution in [1.29, 1.82) is 0 Å². The summed E-state index contributed by atoms with van der Waals surface area (Å²) in [5, 5.41) is 3.41. The summed E-state index contributed by atoms with van der Waals surface area (Å²) in [5.41, 5.74) is 1.19. The van der Waals surface area contributed by atoms with Crippen LogP contribution in [0.25, 0.3) is 0 Å². The van der Waals surface area contributed by atoms with Gasteiger partial charge < -0.3 is 15.1 Å². The van der Waals surface area contributed by atoms with Crippen molar-refractivity contribution in [2.24, 2.45) is 4.99 Å². The molecule has 6 heteroatoms. The first kappa shape index (κ1) is 20.0. The highest BCUT2D eigenvalue weighted by atomic mass is 127. The summed E-state index contributed by atoms with van der Waals surface area (Å²) >= 11 is 0. The first-order valence-electron chi connectivity index (χ1n) is 8.36. The summed E-state index contributed by atoms with van der Waals surface area (Å²) in [6.07, 6.45) is 6.92. The minimum absolute atomic E-state index is 0. The number of nitrogens with one attached hydrogen (secondary N) is 1. The maximum Gasteiger partial charge on any atom is 0.193 e. The van der Waals surface area contributed by atoms with Crippen molar-refractivity contribution in [3.63, 3.8) is 0 Å². The van der Waals surface area contributed by atoms with Gasteiger partial charge in [0.05, 0.1) is 0 Å². The van der Waals surface area contributed by atoms with Gasteiger partial charge in [-0.25, -0.2) is 4.98 Å². The number of aliphatic imine (C=N–C) groups is 1. The van der Waals surface area contributed by atoms with Crippen molar-refractivity contribution in [2.75, 3.05) is 38.6 Å². The predicted molar refractivity (Wildman–Crippen MR) is 109 cm³/mol. The zero-order chi connectivity index (χ0) is 15.8. The van der Waals surface area contributed by atoms with Crippen LogP contribution in [0.1, 0.15) is 38.2 Å². The molecule has 0 bridgehead atoms. The molecular weight excluding hydrogens is 401 g/mol. The number of nitrogens with zero attached hydrogens (tertiary/aromatic N) is 4. The summed E-state index contributed by atoms with van der Waals surface area (Å²) in [6.45, 7) is 6.27. The van der Waals surface area contributed by atoms with E-state index in [1.54, 1.807) is 0 Å². The number of pyridine rings is 1. The van der Waals surface area contributed by atoms with Gasteiger partial charge in [-0.05, 0) is 30.9 Å². The molecule has 0 amide bonds. The van der Waals surface area contributed by atoms with Gasteiger partial charge in [-0.1, -0.05) is 19.4 Å². The summed E-state index contributed by atoms with van der Waals surface area (Å²) in [5.74, 6) is 2.04. The third kappa shape index (κ3) is 6.16. The van der Waals surface area contributed by atoms with Crippen molar-refractivity contribution >= 4 is 35.8 Å². The molecule has 1 fully saturated rings. The third-order valence-electron chi connectivity index (χ3n) is 4.11. The summed E-state index contributed by atoms with van der Waals surface area (Å²) in [4.78, 5) is 13.5.